The molecule has 9 heteroatoms. The zero-order chi connectivity index (χ0) is 20.1. The summed E-state index contributed by atoms with van der Waals surface area (Å²) < 4.78 is 37.4. The molecule has 28 heavy (non-hydrogen) atoms. The molecule has 1 amide bonds. The van der Waals surface area contributed by atoms with Crippen LogP contribution in [0.1, 0.15) is 6.92 Å². The van der Waals surface area contributed by atoms with E-state index in [9.17, 15) is 13.2 Å². The lowest BCUT2D eigenvalue weighted by Gasteiger charge is -2.34. The maximum Gasteiger partial charge on any atom is 0.263 e. The van der Waals surface area contributed by atoms with Gasteiger partial charge in [-0.1, -0.05) is 23.7 Å². The van der Waals surface area contributed by atoms with Gasteiger partial charge in [0, 0.05) is 5.02 Å². The van der Waals surface area contributed by atoms with Crippen molar-refractivity contribution in [2.75, 3.05) is 29.8 Å². The molecule has 0 saturated heterocycles. The average molecular weight is 425 g/mol. The Kier molecular flexibility index (Phi) is 6.31. The Labute approximate surface area is 169 Å². The second-order valence-electron chi connectivity index (χ2n) is 6.10. The van der Waals surface area contributed by atoms with Crippen molar-refractivity contribution >= 4 is 33.2 Å². The molecule has 0 spiro atoms. The Bertz CT molecular complexity index is 934. The third-order valence-electron chi connectivity index (χ3n) is 4.21. The number of amides is 1. The van der Waals surface area contributed by atoms with Crippen molar-refractivity contribution in [2.45, 2.75) is 13.0 Å². The van der Waals surface area contributed by atoms with Gasteiger partial charge in [-0.25, -0.2) is 8.42 Å². The maximum absolute atomic E-state index is 12.5. The number of anilines is 1. The van der Waals surface area contributed by atoms with Crippen LogP contribution < -0.4 is 19.1 Å². The first-order valence-corrected chi connectivity index (χ1v) is 10.8. The molecule has 1 aliphatic rings. The second-order valence-corrected chi connectivity index (χ2v) is 8.72. The van der Waals surface area contributed by atoms with E-state index in [-0.39, 0.29) is 25.4 Å². The molecule has 7 nitrogen and oxygen atoms in total. The van der Waals surface area contributed by atoms with Crippen LogP contribution in [0.15, 0.2) is 48.5 Å². The van der Waals surface area contributed by atoms with Crippen molar-refractivity contribution < 1.29 is 22.7 Å². The number of hydrogen-bond donors (Lipinski definition) is 1. The summed E-state index contributed by atoms with van der Waals surface area (Å²) in [5, 5.41) is 3.33. The molecule has 2 aromatic carbocycles. The number of benzene rings is 2. The van der Waals surface area contributed by atoms with Gasteiger partial charge >= 0.3 is 0 Å². The summed E-state index contributed by atoms with van der Waals surface area (Å²) in [5.74, 6) is 0.542. The molecular weight excluding hydrogens is 404 g/mol. The first-order valence-electron chi connectivity index (χ1n) is 8.83. The van der Waals surface area contributed by atoms with Crippen LogP contribution in [-0.4, -0.2) is 45.9 Å². The Morgan fingerprint density at radius 1 is 1.25 bits per heavy atom. The van der Waals surface area contributed by atoms with E-state index >= 15 is 0 Å². The van der Waals surface area contributed by atoms with Gasteiger partial charge in [0.15, 0.2) is 6.10 Å². The van der Waals surface area contributed by atoms with Crippen LogP contribution in [-0.2, 0) is 14.8 Å². The Morgan fingerprint density at radius 3 is 2.68 bits per heavy atom. The fraction of sp³-hybridized carbons (Fsp3) is 0.316. The number of ether oxygens (including phenoxy) is 2. The van der Waals surface area contributed by atoms with Crippen LogP contribution in [0.25, 0.3) is 0 Å². The quantitative estimate of drug-likeness (QED) is 0.690. The number of rotatable bonds is 7. The zero-order valence-corrected chi connectivity index (χ0v) is 16.9. The molecule has 0 unspecified atom stereocenters. The first-order chi connectivity index (χ1) is 13.4. The van der Waals surface area contributed by atoms with Crippen molar-refractivity contribution in [1.29, 1.82) is 0 Å². The zero-order valence-electron chi connectivity index (χ0n) is 15.3. The van der Waals surface area contributed by atoms with Gasteiger partial charge < -0.3 is 14.8 Å². The standard InChI is InChI=1S/C19H21ClN2O5S/c1-2-28(24,25)22-13-18(27-17-6-4-3-5-16(17)22)19(23)21-11-12-26-15-9-7-14(20)8-10-15/h3-10,18H,2,11-13H2,1H3,(H,21,23)/t18-/m1/s1. The molecule has 1 heterocycles. The van der Waals surface area contributed by atoms with Gasteiger partial charge in [0.25, 0.3) is 5.91 Å². The van der Waals surface area contributed by atoms with Crippen LogP contribution in [0.5, 0.6) is 11.5 Å². The Balaban J connectivity index is 1.60. The predicted molar refractivity (Wildman–Crippen MR) is 108 cm³/mol. The summed E-state index contributed by atoms with van der Waals surface area (Å²) >= 11 is 5.82. The fourth-order valence-electron chi connectivity index (χ4n) is 2.75. The van der Waals surface area contributed by atoms with E-state index in [2.05, 4.69) is 5.32 Å². The lowest BCUT2D eigenvalue weighted by Crippen LogP contribution is -2.51. The van der Waals surface area contributed by atoms with E-state index in [0.717, 1.165) is 0 Å². The molecule has 3 rings (SSSR count). The summed E-state index contributed by atoms with van der Waals surface area (Å²) in [5.41, 5.74) is 0.444. The van der Waals surface area contributed by atoms with Crippen LogP contribution in [0.3, 0.4) is 0 Å². The third kappa shape index (κ3) is 4.69. The number of fused-ring (bicyclic) bond motifs is 1. The molecule has 1 aliphatic heterocycles. The molecule has 1 N–H and O–H groups in total. The van der Waals surface area contributed by atoms with Crippen molar-refractivity contribution in [3.63, 3.8) is 0 Å². The highest BCUT2D eigenvalue weighted by Gasteiger charge is 2.35. The van der Waals surface area contributed by atoms with E-state index in [1.54, 1.807) is 55.5 Å². The molecule has 1 atom stereocenters. The van der Waals surface area contributed by atoms with Gasteiger partial charge in [-0.05, 0) is 43.3 Å². The van der Waals surface area contributed by atoms with Crippen LogP contribution >= 0.6 is 11.6 Å². The summed E-state index contributed by atoms with van der Waals surface area (Å²) in [4.78, 5) is 12.5. The maximum atomic E-state index is 12.5. The number of nitrogens with one attached hydrogen (secondary N) is 1. The fourth-order valence-corrected chi connectivity index (χ4v) is 4.00. The minimum Gasteiger partial charge on any atom is -0.492 e. The van der Waals surface area contributed by atoms with E-state index in [1.165, 1.54) is 4.31 Å². The van der Waals surface area contributed by atoms with Crippen LogP contribution in [0.4, 0.5) is 5.69 Å². The number of nitrogens with zero attached hydrogens (tertiary/aromatic N) is 1. The van der Waals surface area contributed by atoms with Gasteiger partial charge in [0.1, 0.15) is 18.1 Å². The molecule has 150 valence electrons. The topological polar surface area (TPSA) is 84.9 Å². The smallest absolute Gasteiger partial charge is 0.263 e. The largest absolute Gasteiger partial charge is 0.492 e. The third-order valence-corrected chi connectivity index (χ3v) is 6.21. The molecule has 0 aliphatic carbocycles. The van der Waals surface area contributed by atoms with Crippen molar-refractivity contribution in [2.24, 2.45) is 0 Å². The molecule has 0 aromatic heterocycles. The van der Waals surface area contributed by atoms with Gasteiger partial charge in [-0.3, -0.25) is 9.10 Å². The monoisotopic (exact) mass is 424 g/mol. The van der Waals surface area contributed by atoms with Gasteiger partial charge in [-0.15, -0.1) is 0 Å². The first kappa shape index (κ1) is 20.3. The number of carbonyl (C=O) groups excluding carboxylic acids is 1. The summed E-state index contributed by atoms with van der Waals surface area (Å²) in [6, 6.07) is 13.7. The lowest BCUT2D eigenvalue weighted by molar-refractivity contribution is -0.127. The van der Waals surface area contributed by atoms with Gasteiger partial charge in [0.2, 0.25) is 10.0 Å². The highest BCUT2D eigenvalue weighted by molar-refractivity contribution is 7.92. The normalized spacial score (nSPS) is 16.1. The molecular formula is C19H21ClN2O5S. The van der Waals surface area contributed by atoms with E-state index in [4.69, 9.17) is 21.1 Å². The van der Waals surface area contributed by atoms with E-state index < -0.39 is 22.0 Å². The molecule has 0 saturated carbocycles. The summed E-state index contributed by atoms with van der Waals surface area (Å²) in [7, 11) is -3.53. The number of carbonyl (C=O) groups is 1. The SMILES string of the molecule is CCS(=O)(=O)N1C[C@H](C(=O)NCCOc2ccc(Cl)cc2)Oc2ccccc21. The van der Waals surface area contributed by atoms with Gasteiger partial charge in [0.05, 0.1) is 24.5 Å². The summed E-state index contributed by atoms with van der Waals surface area (Å²) in [6.45, 7) is 2.00. The lowest BCUT2D eigenvalue weighted by atomic mass is 10.2. The van der Waals surface area contributed by atoms with Crippen LogP contribution in [0, 0.1) is 0 Å². The number of hydrogen-bond acceptors (Lipinski definition) is 5. The van der Waals surface area contributed by atoms with Gasteiger partial charge in [-0.2, -0.15) is 0 Å². The average Bonchev–Trinajstić information content (AvgIpc) is 2.71. The predicted octanol–water partition coefficient (Wildman–Crippen LogP) is 2.45. The number of para-hydroxylation sites is 2. The van der Waals surface area contributed by atoms with Crippen LogP contribution in [0.2, 0.25) is 5.02 Å². The highest BCUT2D eigenvalue weighted by atomic mass is 35.5. The second kappa shape index (κ2) is 8.70. The minimum atomic E-state index is -3.53. The highest BCUT2D eigenvalue weighted by Crippen LogP contribution is 2.35. The molecule has 2 aromatic rings. The Morgan fingerprint density at radius 2 is 1.96 bits per heavy atom. The number of sulfonamides is 1. The van der Waals surface area contributed by atoms with Crippen molar-refractivity contribution in [3.8, 4) is 11.5 Å². The minimum absolute atomic E-state index is 0.0649. The van der Waals surface area contributed by atoms with Crippen molar-refractivity contribution in [1.82, 2.24) is 5.32 Å². The van der Waals surface area contributed by atoms with Crippen molar-refractivity contribution in [3.05, 3.63) is 53.6 Å². The number of halogens is 1. The summed E-state index contributed by atoms with van der Waals surface area (Å²) in [6.07, 6.45) is -0.938. The Hall–Kier alpha value is -2.45. The molecule has 0 radical (unpaired) electrons. The molecule has 0 bridgehead atoms. The molecule has 0 fully saturated rings. The van der Waals surface area contributed by atoms with E-state index in [0.29, 0.717) is 22.2 Å². The van der Waals surface area contributed by atoms with E-state index in [1.807, 2.05) is 0 Å².